The van der Waals surface area contributed by atoms with Gasteiger partial charge in [-0.25, -0.2) is 0 Å². The van der Waals surface area contributed by atoms with Crippen LogP contribution in [0.3, 0.4) is 0 Å². The van der Waals surface area contributed by atoms with Crippen LogP contribution in [-0.2, 0) is 11.2 Å². The number of nitrogens with one attached hydrogen (secondary N) is 2. The molecular formula is C19H18ClN3O2. The van der Waals surface area contributed by atoms with E-state index in [0.717, 1.165) is 16.7 Å². The Bertz CT molecular complexity index is 846. The van der Waals surface area contributed by atoms with Gasteiger partial charge < -0.3 is 10.1 Å². The van der Waals surface area contributed by atoms with Gasteiger partial charge in [-0.1, -0.05) is 23.7 Å². The Kier molecular flexibility index (Phi) is 5.36. The topological polar surface area (TPSA) is 67.0 Å². The van der Waals surface area contributed by atoms with Gasteiger partial charge in [-0.3, -0.25) is 9.89 Å². The maximum Gasteiger partial charge on any atom is 0.224 e. The smallest absolute Gasteiger partial charge is 0.224 e. The first-order valence-corrected chi connectivity index (χ1v) is 8.25. The first-order valence-electron chi connectivity index (χ1n) is 7.87. The number of hydrogen-bond donors (Lipinski definition) is 2. The number of amides is 1. The number of benzene rings is 2. The van der Waals surface area contributed by atoms with Gasteiger partial charge in [0.1, 0.15) is 5.75 Å². The molecule has 128 valence electrons. The van der Waals surface area contributed by atoms with Gasteiger partial charge in [0.15, 0.2) is 0 Å². The largest absolute Gasteiger partial charge is 0.496 e. The van der Waals surface area contributed by atoms with Crippen molar-refractivity contribution in [3.8, 4) is 16.9 Å². The van der Waals surface area contributed by atoms with Crippen molar-refractivity contribution in [2.45, 2.75) is 12.8 Å². The number of carbonyl (C=O) groups excluding carboxylic acids is 1. The molecule has 3 aromatic rings. The molecular weight excluding hydrogens is 338 g/mol. The molecule has 0 aliphatic rings. The molecule has 0 atom stereocenters. The second kappa shape index (κ2) is 7.85. The number of rotatable bonds is 6. The molecule has 0 saturated heterocycles. The van der Waals surface area contributed by atoms with E-state index in [-0.39, 0.29) is 5.91 Å². The van der Waals surface area contributed by atoms with Crippen molar-refractivity contribution in [2.75, 3.05) is 12.4 Å². The van der Waals surface area contributed by atoms with Crippen LogP contribution in [0.4, 0.5) is 5.69 Å². The highest BCUT2D eigenvalue weighted by atomic mass is 35.5. The lowest BCUT2D eigenvalue weighted by atomic mass is 10.1. The average Bonchev–Trinajstić information content (AvgIpc) is 3.15. The zero-order valence-electron chi connectivity index (χ0n) is 13.8. The summed E-state index contributed by atoms with van der Waals surface area (Å²) in [6.45, 7) is 0. The lowest BCUT2D eigenvalue weighted by Crippen LogP contribution is -2.12. The van der Waals surface area contributed by atoms with Crippen LogP contribution >= 0.6 is 11.6 Å². The van der Waals surface area contributed by atoms with Crippen LogP contribution < -0.4 is 10.1 Å². The highest BCUT2D eigenvalue weighted by Gasteiger charge is 2.10. The van der Waals surface area contributed by atoms with E-state index in [1.54, 1.807) is 19.5 Å². The van der Waals surface area contributed by atoms with Crippen molar-refractivity contribution < 1.29 is 9.53 Å². The van der Waals surface area contributed by atoms with Crippen LogP contribution in [-0.4, -0.2) is 23.2 Å². The van der Waals surface area contributed by atoms with Crippen molar-refractivity contribution in [1.29, 1.82) is 0 Å². The minimum atomic E-state index is -0.0481. The molecule has 25 heavy (non-hydrogen) atoms. The minimum Gasteiger partial charge on any atom is -0.496 e. The van der Waals surface area contributed by atoms with E-state index >= 15 is 0 Å². The van der Waals surface area contributed by atoms with Crippen LogP contribution in [0.2, 0.25) is 5.02 Å². The molecule has 3 rings (SSSR count). The maximum atomic E-state index is 12.2. The van der Waals surface area contributed by atoms with E-state index in [2.05, 4.69) is 15.5 Å². The van der Waals surface area contributed by atoms with E-state index in [1.165, 1.54) is 0 Å². The summed E-state index contributed by atoms with van der Waals surface area (Å²) >= 11 is 5.86. The predicted octanol–water partition coefficient (Wildman–Crippen LogP) is 4.31. The molecule has 0 aliphatic heterocycles. The molecule has 0 unspecified atom stereocenters. The number of nitrogens with zero attached hydrogens (tertiary/aromatic N) is 1. The number of methoxy groups -OCH3 is 1. The van der Waals surface area contributed by atoms with Gasteiger partial charge in [-0.2, -0.15) is 5.10 Å². The lowest BCUT2D eigenvalue weighted by Gasteiger charge is -2.11. The van der Waals surface area contributed by atoms with Gasteiger partial charge >= 0.3 is 0 Å². The monoisotopic (exact) mass is 355 g/mol. The summed E-state index contributed by atoms with van der Waals surface area (Å²) in [5, 5.41) is 10.3. The average molecular weight is 356 g/mol. The first-order chi connectivity index (χ1) is 12.2. The fourth-order valence-corrected chi connectivity index (χ4v) is 2.66. The number of ether oxygens (including phenoxy) is 1. The van der Waals surface area contributed by atoms with Crippen LogP contribution in [0.5, 0.6) is 5.75 Å². The minimum absolute atomic E-state index is 0.0481. The van der Waals surface area contributed by atoms with Gasteiger partial charge in [0.05, 0.1) is 13.3 Å². The normalized spacial score (nSPS) is 10.5. The summed E-state index contributed by atoms with van der Waals surface area (Å²) in [5.74, 6) is 0.630. The number of H-pyrrole nitrogens is 1. The number of aromatic nitrogens is 2. The number of anilines is 1. The first kappa shape index (κ1) is 17.0. The second-order valence-electron chi connectivity index (χ2n) is 5.58. The highest BCUT2D eigenvalue weighted by molar-refractivity contribution is 6.30. The molecule has 1 heterocycles. The van der Waals surface area contributed by atoms with Crippen LogP contribution in [0.15, 0.2) is 54.9 Å². The number of carbonyl (C=O) groups is 1. The number of aryl methyl sites for hydroxylation is 1. The second-order valence-corrected chi connectivity index (χ2v) is 6.01. The van der Waals surface area contributed by atoms with Crippen molar-refractivity contribution in [2.24, 2.45) is 0 Å². The third-order valence-electron chi connectivity index (χ3n) is 3.85. The highest BCUT2D eigenvalue weighted by Crippen LogP contribution is 2.31. The Morgan fingerprint density at radius 2 is 2.04 bits per heavy atom. The molecule has 0 fully saturated rings. The van der Waals surface area contributed by atoms with Gasteiger partial charge in [-0.15, -0.1) is 0 Å². The Balaban J connectivity index is 1.64. The SMILES string of the molecule is COc1cc(NC(=O)CCc2ccc(Cl)cc2)ccc1-c1cn[nH]c1. The van der Waals surface area contributed by atoms with Gasteiger partial charge in [0.25, 0.3) is 0 Å². The zero-order chi connectivity index (χ0) is 17.6. The maximum absolute atomic E-state index is 12.2. The van der Waals surface area contributed by atoms with E-state index in [4.69, 9.17) is 16.3 Å². The fraction of sp³-hybridized carbons (Fsp3) is 0.158. The van der Waals surface area contributed by atoms with Crippen LogP contribution in [0, 0.1) is 0 Å². The summed E-state index contributed by atoms with van der Waals surface area (Å²) in [5.41, 5.74) is 3.62. The Morgan fingerprint density at radius 3 is 2.72 bits per heavy atom. The summed E-state index contributed by atoms with van der Waals surface area (Å²) in [6, 6.07) is 13.1. The van der Waals surface area contributed by atoms with Crippen LogP contribution in [0.1, 0.15) is 12.0 Å². The summed E-state index contributed by atoms with van der Waals surface area (Å²) in [7, 11) is 1.60. The molecule has 1 amide bonds. The van der Waals surface area contributed by atoms with E-state index in [0.29, 0.717) is 29.3 Å². The van der Waals surface area contributed by atoms with Crippen molar-refractivity contribution in [3.05, 3.63) is 65.4 Å². The van der Waals surface area contributed by atoms with Gasteiger partial charge in [-0.05, 0) is 36.2 Å². The van der Waals surface area contributed by atoms with Crippen molar-refractivity contribution in [1.82, 2.24) is 10.2 Å². The molecule has 0 saturated carbocycles. The lowest BCUT2D eigenvalue weighted by molar-refractivity contribution is -0.116. The standard InChI is InChI=1S/C19H18ClN3O2/c1-25-18-10-16(7-8-17(18)14-11-21-22-12-14)23-19(24)9-4-13-2-5-15(20)6-3-13/h2-3,5-8,10-12H,4,9H2,1H3,(H,21,22)(H,23,24). The third kappa shape index (κ3) is 4.39. The molecule has 5 nitrogen and oxygen atoms in total. The van der Waals surface area contributed by atoms with Crippen LogP contribution in [0.25, 0.3) is 11.1 Å². The molecule has 1 aromatic heterocycles. The Hall–Kier alpha value is -2.79. The Morgan fingerprint density at radius 1 is 1.24 bits per heavy atom. The molecule has 2 aromatic carbocycles. The number of halogens is 1. The third-order valence-corrected chi connectivity index (χ3v) is 4.10. The molecule has 0 spiro atoms. The van der Waals surface area contributed by atoms with E-state index in [9.17, 15) is 4.79 Å². The molecule has 6 heteroatoms. The quantitative estimate of drug-likeness (QED) is 0.692. The zero-order valence-corrected chi connectivity index (χ0v) is 14.5. The van der Waals surface area contributed by atoms with Crippen molar-refractivity contribution in [3.63, 3.8) is 0 Å². The number of aromatic amines is 1. The summed E-state index contributed by atoms with van der Waals surface area (Å²) in [4.78, 5) is 12.2. The predicted molar refractivity (Wildman–Crippen MR) is 99.0 cm³/mol. The van der Waals surface area contributed by atoms with Gasteiger partial charge in [0, 0.05) is 40.5 Å². The summed E-state index contributed by atoms with van der Waals surface area (Å²) in [6.07, 6.45) is 4.57. The molecule has 0 aliphatic carbocycles. The van der Waals surface area contributed by atoms with E-state index in [1.807, 2.05) is 42.5 Å². The van der Waals surface area contributed by atoms with Crippen molar-refractivity contribution >= 4 is 23.2 Å². The number of hydrogen-bond acceptors (Lipinski definition) is 3. The molecule has 0 radical (unpaired) electrons. The van der Waals surface area contributed by atoms with E-state index < -0.39 is 0 Å². The molecule has 2 N–H and O–H groups in total. The fourth-order valence-electron chi connectivity index (χ4n) is 2.54. The summed E-state index contributed by atoms with van der Waals surface area (Å²) < 4.78 is 5.43. The van der Waals surface area contributed by atoms with Gasteiger partial charge in [0.2, 0.25) is 5.91 Å². The molecule has 0 bridgehead atoms. The Labute approximate surface area is 151 Å².